The highest BCUT2D eigenvalue weighted by molar-refractivity contribution is 6.20. The molecule has 1 spiro atoms. The molecule has 1 atom stereocenters. The molecule has 7 nitrogen and oxygen atoms in total. The van der Waals surface area contributed by atoms with Crippen LogP contribution in [0, 0.1) is 5.41 Å². The van der Waals surface area contributed by atoms with E-state index in [1.165, 1.54) is 14.1 Å². The Hall–Kier alpha value is -2.57. The molecule has 24 heavy (non-hydrogen) atoms. The van der Waals surface area contributed by atoms with Crippen LogP contribution in [-0.2, 0) is 16.0 Å². The molecule has 7 heteroatoms. The summed E-state index contributed by atoms with van der Waals surface area (Å²) in [6, 6.07) is 4.86. The number of imide groups is 2. The topological polar surface area (TPSA) is 86.9 Å². The van der Waals surface area contributed by atoms with Crippen LogP contribution >= 0.6 is 0 Å². The first-order valence-corrected chi connectivity index (χ1v) is 8.13. The van der Waals surface area contributed by atoms with Crippen LogP contribution in [0.4, 0.5) is 16.2 Å². The molecule has 2 saturated heterocycles. The van der Waals surface area contributed by atoms with E-state index in [1.807, 2.05) is 18.2 Å². The van der Waals surface area contributed by atoms with Crippen molar-refractivity contribution in [3.05, 3.63) is 23.8 Å². The van der Waals surface area contributed by atoms with Gasteiger partial charge in [0.15, 0.2) is 5.41 Å². The normalized spacial score (nSPS) is 25.3. The van der Waals surface area contributed by atoms with Crippen LogP contribution in [-0.4, -0.2) is 54.3 Å². The number of rotatable bonds is 0. The van der Waals surface area contributed by atoms with E-state index in [-0.39, 0.29) is 12.5 Å². The third kappa shape index (κ3) is 1.64. The van der Waals surface area contributed by atoms with E-state index in [0.717, 1.165) is 40.4 Å². The number of hydrogen-bond donors (Lipinski definition) is 1. The molecule has 1 aromatic carbocycles. The van der Waals surface area contributed by atoms with Crippen LogP contribution in [0.3, 0.4) is 0 Å². The first kappa shape index (κ1) is 15.0. The second-order valence-corrected chi connectivity index (χ2v) is 6.90. The fraction of sp³-hybridized carbons (Fsp3) is 0.471. The predicted octanol–water partition coefficient (Wildman–Crippen LogP) is 0.830. The Morgan fingerprint density at radius 1 is 1.12 bits per heavy atom. The average Bonchev–Trinajstić information content (AvgIpc) is 3.06. The molecule has 0 radical (unpaired) electrons. The van der Waals surface area contributed by atoms with Gasteiger partial charge in [-0.3, -0.25) is 19.4 Å². The van der Waals surface area contributed by atoms with Crippen LogP contribution in [0.5, 0.6) is 0 Å². The van der Waals surface area contributed by atoms with Crippen LogP contribution in [0.25, 0.3) is 0 Å². The number of benzene rings is 1. The first-order chi connectivity index (χ1) is 11.4. The molecule has 4 amide bonds. The van der Waals surface area contributed by atoms with Crippen molar-refractivity contribution in [2.24, 2.45) is 5.41 Å². The largest absolute Gasteiger partial charge is 0.399 e. The zero-order valence-electron chi connectivity index (χ0n) is 13.8. The average molecular weight is 328 g/mol. The summed E-state index contributed by atoms with van der Waals surface area (Å²) in [5.74, 6) is -0.804. The molecule has 3 heterocycles. The predicted molar refractivity (Wildman–Crippen MR) is 88.3 cm³/mol. The smallest absolute Gasteiger partial charge is 0.332 e. The van der Waals surface area contributed by atoms with Gasteiger partial charge in [-0.05, 0) is 43.0 Å². The van der Waals surface area contributed by atoms with Crippen molar-refractivity contribution in [3.8, 4) is 0 Å². The van der Waals surface area contributed by atoms with Gasteiger partial charge in [-0.1, -0.05) is 0 Å². The number of hydrogen-bond acceptors (Lipinski definition) is 5. The van der Waals surface area contributed by atoms with Crippen molar-refractivity contribution in [1.82, 2.24) is 9.80 Å². The number of urea groups is 1. The minimum atomic E-state index is -1.24. The Balaban J connectivity index is 1.92. The minimum Gasteiger partial charge on any atom is -0.399 e. The summed E-state index contributed by atoms with van der Waals surface area (Å²) in [5, 5.41) is 0. The van der Waals surface area contributed by atoms with E-state index in [4.69, 9.17) is 5.73 Å². The van der Waals surface area contributed by atoms with Crippen LogP contribution in [0.15, 0.2) is 18.2 Å². The van der Waals surface area contributed by atoms with Gasteiger partial charge < -0.3 is 10.6 Å². The maximum absolute atomic E-state index is 13.1. The molecule has 4 rings (SSSR count). The van der Waals surface area contributed by atoms with Crippen molar-refractivity contribution in [2.45, 2.75) is 25.3 Å². The van der Waals surface area contributed by atoms with Gasteiger partial charge in [0.1, 0.15) is 0 Å². The Bertz CT molecular complexity index is 751. The van der Waals surface area contributed by atoms with Gasteiger partial charge in [0.25, 0.3) is 0 Å². The molecule has 0 saturated carbocycles. The summed E-state index contributed by atoms with van der Waals surface area (Å²) in [5.41, 5.74) is 7.22. The van der Waals surface area contributed by atoms with E-state index >= 15 is 0 Å². The number of carbonyl (C=O) groups excluding carboxylic acids is 3. The van der Waals surface area contributed by atoms with Crippen molar-refractivity contribution in [1.29, 1.82) is 0 Å². The van der Waals surface area contributed by atoms with E-state index < -0.39 is 23.3 Å². The molecule has 126 valence electrons. The molecular weight excluding hydrogens is 308 g/mol. The molecule has 2 fully saturated rings. The number of amides is 4. The highest BCUT2D eigenvalue weighted by atomic mass is 16.2. The molecule has 0 aliphatic carbocycles. The van der Waals surface area contributed by atoms with Gasteiger partial charge in [0.2, 0.25) is 11.8 Å². The lowest BCUT2D eigenvalue weighted by molar-refractivity contribution is -0.159. The fourth-order valence-electron chi connectivity index (χ4n) is 4.54. The van der Waals surface area contributed by atoms with Gasteiger partial charge >= 0.3 is 6.03 Å². The minimum absolute atomic E-state index is 0.216. The lowest BCUT2D eigenvalue weighted by Gasteiger charge is -2.50. The summed E-state index contributed by atoms with van der Waals surface area (Å²) < 4.78 is 0. The Labute approximate surface area is 140 Å². The number of anilines is 2. The van der Waals surface area contributed by atoms with Crippen molar-refractivity contribution < 1.29 is 14.4 Å². The van der Waals surface area contributed by atoms with E-state index in [2.05, 4.69) is 4.90 Å². The highest BCUT2D eigenvalue weighted by Crippen LogP contribution is 2.49. The maximum Gasteiger partial charge on any atom is 0.332 e. The molecule has 0 unspecified atom stereocenters. The van der Waals surface area contributed by atoms with Crippen molar-refractivity contribution in [2.75, 3.05) is 31.3 Å². The van der Waals surface area contributed by atoms with E-state index in [0.29, 0.717) is 5.69 Å². The number of nitrogen functional groups attached to an aromatic ring is 1. The summed E-state index contributed by atoms with van der Waals surface area (Å²) in [6.45, 7) is 0.797. The SMILES string of the molecule is CN1C(=O)N(C)C(=O)C2(Cc3cc(N)ccc3N3CCC[C@@H]32)C1=O. The standard InChI is InChI=1S/C17H20N4O3/c1-19-14(22)17(15(23)20(2)16(19)24)9-10-8-11(18)5-6-12(10)21-7-3-4-13(17)21/h5-6,8,13H,3-4,7,9,18H2,1-2H3/t13-/m1/s1. The van der Waals surface area contributed by atoms with Gasteiger partial charge in [-0.2, -0.15) is 0 Å². The third-order valence-corrected chi connectivity index (χ3v) is 5.65. The molecule has 0 bridgehead atoms. The van der Waals surface area contributed by atoms with Crippen LogP contribution < -0.4 is 10.6 Å². The Kier molecular flexibility index (Phi) is 2.95. The lowest BCUT2D eigenvalue weighted by Crippen LogP contribution is -2.70. The summed E-state index contributed by atoms with van der Waals surface area (Å²) in [6.07, 6.45) is 1.96. The number of nitrogens with zero attached hydrogens (tertiary/aromatic N) is 3. The zero-order chi connectivity index (χ0) is 17.2. The monoisotopic (exact) mass is 328 g/mol. The fourth-order valence-corrected chi connectivity index (χ4v) is 4.54. The van der Waals surface area contributed by atoms with Crippen molar-refractivity contribution >= 4 is 29.2 Å². The highest BCUT2D eigenvalue weighted by Gasteiger charge is 2.63. The first-order valence-electron chi connectivity index (χ1n) is 8.13. The molecule has 2 N–H and O–H groups in total. The van der Waals surface area contributed by atoms with Gasteiger partial charge in [-0.15, -0.1) is 0 Å². The number of barbiturate groups is 1. The lowest BCUT2D eigenvalue weighted by atomic mass is 9.68. The number of nitrogens with two attached hydrogens (primary N) is 1. The van der Waals surface area contributed by atoms with Gasteiger partial charge in [-0.25, -0.2) is 4.79 Å². The molecule has 3 aliphatic heterocycles. The number of fused-ring (bicyclic) bond motifs is 4. The second kappa shape index (κ2) is 4.72. The van der Waals surface area contributed by atoms with Gasteiger partial charge in [0.05, 0.1) is 6.04 Å². The Morgan fingerprint density at radius 2 is 1.79 bits per heavy atom. The van der Waals surface area contributed by atoms with Crippen molar-refractivity contribution in [3.63, 3.8) is 0 Å². The van der Waals surface area contributed by atoms with E-state index in [1.54, 1.807) is 0 Å². The van der Waals surface area contributed by atoms with Crippen LogP contribution in [0.1, 0.15) is 18.4 Å². The molecular formula is C17H20N4O3. The summed E-state index contributed by atoms with van der Waals surface area (Å²) >= 11 is 0. The Morgan fingerprint density at radius 3 is 2.46 bits per heavy atom. The quantitative estimate of drug-likeness (QED) is 0.563. The number of carbonyl (C=O) groups is 3. The molecule has 3 aliphatic rings. The van der Waals surface area contributed by atoms with Gasteiger partial charge in [0, 0.05) is 32.0 Å². The molecule has 1 aromatic rings. The summed E-state index contributed by atoms with van der Waals surface area (Å²) in [4.78, 5) is 42.7. The molecule has 0 aromatic heterocycles. The van der Waals surface area contributed by atoms with Crippen LogP contribution in [0.2, 0.25) is 0 Å². The third-order valence-electron chi connectivity index (χ3n) is 5.65. The zero-order valence-corrected chi connectivity index (χ0v) is 13.8. The maximum atomic E-state index is 13.1. The van der Waals surface area contributed by atoms with E-state index in [9.17, 15) is 14.4 Å². The summed E-state index contributed by atoms with van der Waals surface area (Å²) in [7, 11) is 2.90. The second-order valence-electron chi connectivity index (χ2n) is 6.90.